The summed E-state index contributed by atoms with van der Waals surface area (Å²) >= 11 is 1.81. The Morgan fingerprint density at radius 2 is 2.36 bits per heavy atom. The Bertz CT molecular complexity index is 983. The fraction of sp³-hybridized carbons (Fsp3) is 0.312. The molecule has 22 heavy (non-hydrogen) atoms. The summed E-state index contributed by atoms with van der Waals surface area (Å²) in [5, 5.41) is 5.69. The molecule has 0 aromatic carbocycles. The molecule has 0 spiro atoms. The molecule has 0 fully saturated rings. The lowest BCUT2D eigenvalue weighted by Gasteiger charge is -2.17. The second kappa shape index (κ2) is 4.39. The second-order valence-corrected chi connectivity index (χ2v) is 7.04. The van der Waals surface area contributed by atoms with E-state index in [-0.39, 0.29) is 0 Å². The van der Waals surface area contributed by atoms with Gasteiger partial charge >= 0.3 is 0 Å². The van der Waals surface area contributed by atoms with Gasteiger partial charge in [-0.2, -0.15) is 0 Å². The van der Waals surface area contributed by atoms with Crippen molar-refractivity contribution in [3.63, 3.8) is 0 Å². The van der Waals surface area contributed by atoms with Crippen molar-refractivity contribution in [2.45, 2.75) is 26.2 Å². The average Bonchev–Trinajstić information content (AvgIpc) is 3.23. The molecular weight excluding hydrogens is 296 g/mol. The van der Waals surface area contributed by atoms with E-state index in [0.717, 1.165) is 29.2 Å². The van der Waals surface area contributed by atoms with Crippen molar-refractivity contribution in [1.29, 1.82) is 0 Å². The third-order valence-corrected chi connectivity index (χ3v) is 5.57. The van der Waals surface area contributed by atoms with Gasteiger partial charge in [-0.15, -0.1) is 16.4 Å². The molecule has 4 aromatic heterocycles. The van der Waals surface area contributed by atoms with E-state index in [2.05, 4.69) is 17.0 Å². The van der Waals surface area contributed by atoms with E-state index < -0.39 is 0 Å². The van der Waals surface area contributed by atoms with Gasteiger partial charge in [-0.1, -0.05) is 6.92 Å². The molecule has 0 saturated heterocycles. The zero-order valence-electron chi connectivity index (χ0n) is 12.1. The van der Waals surface area contributed by atoms with Crippen LogP contribution < -0.4 is 0 Å². The Morgan fingerprint density at radius 3 is 3.23 bits per heavy atom. The zero-order valence-corrected chi connectivity index (χ0v) is 12.9. The summed E-state index contributed by atoms with van der Waals surface area (Å²) in [6, 6.07) is 3.73. The molecule has 0 bridgehead atoms. The van der Waals surface area contributed by atoms with Crippen molar-refractivity contribution < 1.29 is 4.42 Å². The van der Waals surface area contributed by atoms with Crippen molar-refractivity contribution >= 4 is 27.2 Å². The predicted octanol–water partition coefficient (Wildman–Crippen LogP) is 3.72. The first-order valence-corrected chi connectivity index (χ1v) is 8.31. The summed E-state index contributed by atoms with van der Waals surface area (Å²) in [5.74, 6) is 2.02. The minimum Gasteiger partial charge on any atom is -0.461 e. The van der Waals surface area contributed by atoms with Crippen LogP contribution in [-0.4, -0.2) is 19.6 Å². The molecule has 110 valence electrons. The van der Waals surface area contributed by atoms with Gasteiger partial charge in [0.2, 0.25) is 5.82 Å². The first-order chi connectivity index (χ1) is 10.8. The number of aryl methyl sites for hydroxylation is 1. The topological polar surface area (TPSA) is 56.2 Å². The van der Waals surface area contributed by atoms with E-state index in [0.29, 0.717) is 11.6 Å². The molecule has 6 heteroatoms. The summed E-state index contributed by atoms with van der Waals surface area (Å²) in [7, 11) is 0. The van der Waals surface area contributed by atoms with Gasteiger partial charge < -0.3 is 4.42 Å². The number of hydrogen-bond acceptors (Lipinski definition) is 5. The van der Waals surface area contributed by atoms with Crippen molar-refractivity contribution in [2.75, 3.05) is 0 Å². The summed E-state index contributed by atoms with van der Waals surface area (Å²) in [4.78, 5) is 11.8. The molecule has 0 amide bonds. The van der Waals surface area contributed by atoms with Gasteiger partial charge in [-0.05, 0) is 42.9 Å². The van der Waals surface area contributed by atoms with Crippen LogP contribution in [0.1, 0.15) is 23.8 Å². The van der Waals surface area contributed by atoms with Crippen LogP contribution in [0.15, 0.2) is 29.1 Å². The molecule has 0 aliphatic heterocycles. The fourth-order valence-corrected chi connectivity index (χ4v) is 4.44. The van der Waals surface area contributed by atoms with Gasteiger partial charge in [0.05, 0.1) is 11.6 Å². The minimum atomic E-state index is 0.614. The SMILES string of the molecule is CC1CCc2sc3ncn4nc(-c5ccco5)nc4c3c2C1. The maximum absolute atomic E-state index is 5.42. The van der Waals surface area contributed by atoms with Crippen LogP contribution >= 0.6 is 11.3 Å². The quantitative estimate of drug-likeness (QED) is 0.537. The minimum absolute atomic E-state index is 0.614. The molecule has 1 unspecified atom stereocenters. The number of rotatable bonds is 1. The monoisotopic (exact) mass is 310 g/mol. The Hall–Kier alpha value is -2.21. The molecule has 4 aromatic rings. The molecule has 0 radical (unpaired) electrons. The molecule has 0 N–H and O–H groups in total. The molecule has 4 heterocycles. The van der Waals surface area contributed by atoms with Gasteiger partial charge in [0.25, 0.3) is 0 Å². The van der Waals surface area contributed by atoms with Gasteiger partial charge in [0, 0.05) is 4.88 Å². The van der Waals surface area contributed by atoms with E-state index >= 15 is 0 Å². The Balaban J connectivity index is 1.82. The molecular formula is C16H14N4OS. The van der Waals surface area contributed by atoms with Gasteiger partial charge in [0.1, 0.15) is 11.2 Å². The first-order valence-electron chi connectivity index (χ1n) is 7.49. The summed E-state index contributed by atoms with van der Waals surface area (Å²) in [6.45, 7) is 2.32. The Labute approximate surface area is 130 Å². The van der Waals surface area contributed by atoms with Crippen LogP contribution in [0.25, 0.3) is 27.4 Å². The fourth-order valence-electron chi connectivity index (χ4n) is 3.26. The zero-order chi connectivity index (χ0) is 14.7. The molecule has 1 aliphatic carbocycles. The molecule has 5 nitrogen and oxygen atoms in total. The van der Waals surface area contributed by atoms with Crippen molar-refractivity contribution in [1.82, 2.24) is 19.6 Å². The number of thiophene rings is 1. The average molecular weight is 310 g/mol. The third-order valence-electron chi connectivity index (χ3n) is 4.37. The van der Waals surface area contributed by atoms with Crippen molar-refractivity contribution in [3.05, 3.63) is 35.2 Å². The lowest BCUT2D eigenvalue weighted by Crippen LogP contribution is -2.09. The summed E-state index contributed by atoms with van der Waals surface area (Å²) < 4.78 is 7.19. The largest absolute Gasteiger partial charge is 0.461 e. The number of aromatic nitrogens is 4. The van der Waals surface area contributed by atoms with Crippen LogP contribution in [0, 0.1) is 5.92 Å². The maximum Gasteiger partial charge on any atom is 0.217 e. The number of fused-ring (bicyclic) bond motifs is 5. The normalized spacial score (nSPS) is 18.1. The summed E-state index contributed by atoms with van der Waals surface area (Å²) in [5.41, 5.74) is 2.32. The smallest absolute Gasteiger partial charge is 0.217 e. The van der Waals surface area contributed by atoms with Crippen LogP contribution in [0.3, 0.4) is 0 Å². The van der Waals surface area contributed by atoms with Crippen molar-refractivity contribution in [2.24, 2.45) is 5.92 Å². The lowest BCUT2D eigenvalue weighted by molar-refractivity contribution is 0.508. The molecule has 5 rings (SSSR count). The second-order valence-electron chi connectivity index (χ2n) is 5.96. The summed E-state index contributed by atoms with van der Waals surface area (Å²) in [6.07, 6.45) is 6.93. The molecule has 0 saturated carbocycles. The van der Waals surface area contributed by atoms with E-state index in [4.69, 9.17) is 9.40 Å². The van der Waals surface area contributed by atoms with Crippen molar-refractivity contribution in [3.8, 4) is 11.6 Å². The van der Waals surface area contributed by atoms with Crippen LogP contribution in [0.4, 0.5) is 0 Å². The maximum atomic E-state index is 5.42. The molecule has 1 atom stereocenters. The van der Waals surface area contributed by atoms with E-state index in [9.17, 15) is 0 Å². The highest BCUT2D eigenvalue weighted by atomic mass is 32.1. The number of nitrogens with zero attached hydrogens (tertiary/aromatic N) is 4. The number of furan rings is 1. The van der Waals surface area contributed by atoms with Gasteiger partial charge in [-0.25, -0.2) is 14.5 Å². The molecule has 1 aliphatic rings. The lowest BCUT2D eigenvalue weighted by atomic mass is 9.89. The van der Waals surface area contributed by atoms with E-state index in [1.807, 2.05) is 23.5 Å². The predicted molar refractivity (Wildman–Crippen MR) is 85.1 cm³/mol. The highest BCUT2D eigenvalue weighted by Gasteiger charge is 2.24. The van der Waals surface area contributed by atoms with Crippen LogP contribution in [-0.2, 0) is 12.8 Å². The van der Waals surface area contributed by atoms with Crippen LogP contribution in [0.2, 0.25) is 0 Å². The highest BCUT2D eigenvalue weighted by Crippen LogP contribution is 2.38. The Kier molecular flexibility index (Phi) is 2.47. The number of hydrogen-bond donors (Lipinski definition) is 0. The standard InChI is InChI=1S/C16H14N4OS/c1-9-4-5-12-10(7-9)13-15-18-14(11-3-2-6-21-11)19-20(15)8-17-16(13)22-12/h2-3,6,8-9H,4-5,7H2,1H3. The highest BCUT2D eigenvalue weighted by molar-refractivity contribution is 7.19. The Morgan fingerprint density at radius 1 is 1.41 bits per heavy atom. The third kappa shape index (κ3) is 1.67. The van der Waals surface area contributed by atoms with Crippen LogP contribution in [0.5, 0.6) is 0 Å². The van der Waals surface area contributed by atoms with E-state index in [1.165, 1.54) is 22.2 Å². The van der Waals surface area contributed by atoms with Gasteiger partial charge in [0.15, 0.2) is 11.4 Å². The first kappa shape index (κ1) is 12.3. The van der Waals surface area contributed by atoms with Gasteiger partial charge in [-0.3, -0.25) is 0 Å². The van der Waals surface area contributed by atoms with E-state index in [1.54, 1.807) is 17.1 Å².